The third-order valence-electron chi connectivity index (χ3n) is 3.46. The highest BCUT2D eigenvalue weighted by atomic mass is 16.4. The van der Waals surface area contributed by atoms with Gasteiger partial charge in [0.2, 0.25) is 5.91 Å². The Balaban J connectivity index is 4.17. The lowest BCUT2D eigenvalue weighted by Crippen LogP contribution is -2.49. The number of aliphatic hydroxyl groups is 5. The van der Waals surface area contributed by atoms with Crippen LogP contribution < -0.4 is 0 Å². The van der Waals surface area contributed by atoms with Crippen LogP contribution in [0.3, 0.4) is 0 Å². The Morgan fingerprint density at radius 1 is 1.00 bits per heavy atom. The first-order chi connectivity index (χ1) is 9.84. The molecule has 0 aromatic carbocycles. The predicted octanol–water partition coefficient (Wildman–Crippen LogP) is -1.15. The minimum atomic E-state index is -1.67. The lowest BCUT2D eigenvalue weighted by Gasteiger charge is -2.28. The first-order valence-electron chi connectivity index (χ1n) is 7.42. The normalized spacial score (nSPS) is 17.1. The van der Waals surface area contributed by atoms with Gasteiger partial charge in [-0.05, 0) is 6.42 Å². The third kappa shape index (κ3) is 7.73. The molecule has 126 valence electrons. The second-order valence-electron chi connectivity index (χ2n) is 5.38. The average molecular weight is 307 g/mol. The van der Waals surface area contributed by atoms with Crippen LogP contribution in [0.4, 0.5) is 0 Å². The zero-order valence-electron chi connectivity index (χ0n) is 12.9. The van der Waals surface area contributed by atoms with Crippen molar-refractivity contribution in [1.29, 1.82) is 0 Å². The van der Waals surface area contributed by atoms with Gasteiger partial charge in [-0.25, -0.2) is 0 Å². The summed E-state index contributed by atoms with van der Waals surface area (Å²) in [6.45, 7) is 1.21. The number of hydrogen-bond acceptors (Lipinski definition) is 6. The van der Waals surface area contributed by atoms with Gasteiger partial charge in [-0.2, -0.15) is 0 Å². The largest absolute Gasteiger partial charge is 0.394 e. The van der Waals surface area contributed by atoms with E-state index in [-0.39, 0.29) is 12.5 Å². The molecule has 7 heteroatoms. The molecule has 4 unspecified atom stereocenters. The van der Waals surface area contributed by atoms with Gasteiger partial charge < -0.3 is 30.4 Å². The van der Waals surface area contributed by atoms with Gasteiger partial charge in [0.15, 0.2) is 0 Å². The Hall–Kier alpha value is -0.730. The summed E-state index contributed by atoms with van der Waals surface area (Å²) in [7, 11) is 1.51. The van der Waals surface area contributed by atoms with E-state index >= 15 is 0 Å². The second-order valence-corrected chi connectivity index (χ2v) is 5.38. The van der Waals surface area contributed by atoms with Gasteiger partial charge in [0, 0.05) is 20.0 Å². The molecule has 0 aromatic rings. The highest BCUT2D eigenvalue weighted by molar-refractivity contribution is 5.75. The van der Waals surface area contributed by atoms with E-state index in [4.69, 9.17) is 5.11 Å². The topological polar surface area (TPSA) is 121 Å². The van der Waals surface area contributed by atoms with Crippen LogP contribution in [-0.2, 0) is 4.79 Å². The number of hydrogen-bond donors (Lipinski definition) is 5. The SMILES string of the molecule is CCCCCCC(=O)N(C)CC(O)C(O)C(O)C(O)CO. The van der Waals surface area contributed by atoms with E-state index in [9.17, 15) is 25.2 Å². The van der Waals surface area contributed by atoms with Crippen molar-refractivity contribution in [2.24, 2.45) is 0 Å². The molecule has 0 rings (SSSR count). The van der Waals surface area contributed by atoms with E-state index in [1.165, 1.54) is 11.9 Å². The predicted molar refractivity (Wildman–Crippen MR) is 77.5 cm³/mol. The van der Waals surface area contributed by atoms with Crippen molar-refractivity contribution < 1.29 is 30.3 Å². The molecule has 5 N–H and O–H groups in total. The summed E-state index contributed by atoms with van der Waals surface area (Å²) < 4.78 is 0. The van der Waals surface area contributed by atoms with Crippen molar-refractivity contribution in [2.45, 2.75) is 63.4 Å². The lowest BCUT2D eigenvalue weighted by atomic mass is 10.0. The molecular formula is C14H29NO6. The fourth-order valence-electron chi connectivity index (χ4n) is 1.95. The van der Waals surface area contributed by atoms with E-state index in [1.54, 1.807) is 0 Å². The van der Waals surface area contributed by atoms with Gasteiger partial charge >= 0.3 is 0 Å². The van der Waals surface area contributed by atoms with Crippen LogP contribution in [0.25, 0.3) is 0 Å². The fourth-order valence-corrected chi connectivity index (χ4v) is 1.95. The highest BCUT2D eigenvalue weighted by Crippen LogP contribution is 2.08. The molecule has 1 amide bonds. The van der Waals surface area contributed by atoms with Gasteiger partial charge in [0.05, 0.1) is 6.61 Å². The number of carbonyl (C=O) groups is 1. The molecule has 0 aliphatic carbocycles. The average Bonchev–Trinajstić information content (AvgIpc) is 2.48. The van der Waals surface area contributed by atoms with Gasteiger partial charge in [0.25, 0.3) is 0 Å². The van der Waals surface area contributed by atoms with Crippen molar-refractivity contribution in [3.05, 3.63) is 0 Å². The van der Waals surface area contributed by atoms with Crippen molar-refractivity contribution in [2.75, 3.05) is 20.2 Å². The van der Waals surface area contributed by atoms with Crippen LogP contribution in [-0.4, -0.2) is 81.0 Å². The van der Waals surface area contributed by atoms with Crippen LogP contribution in [0.5, 0.6) is 0 Å². The smallest absolute Gasteiger partial charge is 0.222 e. The highest BCUT2D eigenvalue weighted by Gasteiger charge is 2.31. The Bertz CT molecular complexity index is 289. The van der Waals surface area contributed by atoms with Crippen molar-refractivity contribution >= 4 is 5.91 Å². The molecule has 0 radical (unpaired) electrons. The van der Waals surface area contributed by atoms with Crippen molar-refractivity contribution in [3.8, 4) is 0 Å². The summed E-state index contributed by atoms with van der Waals surface area (Å²) >= 11 is 0. The maximum Gasteiger partial charge on any atom is 0.222 e. The van der Waals surface area contributed by atoms with Gasteiger partial charge in [0.1, 0.15) is 24.4 Å². The summed E-state index contributed by atoms with van der Waals surface area (Å²) in [5.74, 6) is -0.144. The Morgan fingerprint density at radius 2 is 1.57 bits per heavy atom. The minimum absolute atomic E-state index is 0.144. The quantitative estimate of drug-likeness (QED) is 0.307. The summed E-state index contributed by atoms with van der Waals surface area (Å²) in [6, 6.07) is 0. The standard InChI is InChI=1S/C14H29NO6/c1-3-4-5-6-7-12(19)15(2)8-10(17)13(20)14(21)11(18)9-16/h10-11,13-14,16-18,20-21H,3-9H2,1-2H3. The van der Waals surface area contributed by atoms with Crippen LogP contribution in [0.15, 0.2) is 0 Å². The molecule has 0 spiro atoms. The van der Waals surface area contributed by atoms with Crippen LogP contribution in [0, 0.1) is 0 Å². The van der Waals surface area contributed by atoms with Crippen LogP contribution in [0.1, 0.15) is 39.0 Å². The molecule has 0 bridgehead atoms. The Morgan fingerprint density at radius 3 is 2.10 bits per heavy atom. The number of unbranched alkanes of at least 4 members (excludes halogenated alkanes) is 3. The number of rotatable bonds is 11. The van der Waals surface area contributed by atoms with E-state index in [0.29, 0.717) is 6.42 Å². The molecule has 0 aromatic heterocycles. The summed E-state index contributed by atoms with van der Waals surface area (Å²) in [5, 5.41) is 46.8. The molecule has 0 fully saturated rings. The number of likely N-dealkylation sites (N-methyl/N-ethyl adjacent to an activating group) is 1. The number of amides is 1. The second kappa shape index (κ2) is 10.9. The molecule has 0 aliphatic heterocycles. The molecule has 0 saturated heterocycles. The van der Waals surface area contributed by atoms with Gasteiger partial charge in [-0.1, -0.05) is 26.2 Å². The molecule has 4 atom stereocenters. The zero-order valence-corrected chi connectivity index (χ0v) is 12.9. The van der Waals surface area contributed by atoms with E-state index in [2.05, 4.69) is 6.92 Å². The first kappa shape index (κ1) is 20.3. The summed E-state index contributed by atoms with van der Waals surface area (Å²) in [6.07, 6.45) is -1.95. The van der Waals surface area contributed by atoms with E-state index in [1.807, 2.05) is 0 Å². The van der Waals surface area contributed by atoms with Gasteiger partial charge in [-0.3, -0.25) is 4.79 Å². The van der Waals surface area contributed by atoms with Crippen molar-refractivity contribution in [1.82, 2.24) is 4.90 Å². The minimum Gasteiger partial charge on any atom is -0.394 e. The van der Waals surface area contributed by atoms with Crippen LogP contribution >= 0.6 is 0 Å². The maximum absolute atomic E-state index is 11.8. The molecule has 0 aliphatic rings. The van der Waals surface area contributed by atoms with E-state index in [0.717, 1.165) is 25.7 Å². The van der Waals surface area contributed by atoms with Crippen molar-refractivity contribution in [3.63, 3.8) is 0 Å². The van der Waals surface area contributed by atoms with E-state index < -0.39 is 31.0 Å². The summed E-state index contributed by atoms with van der Waals surface area (Å²) in [4.78, 5) is 13.1. The maximum atomic E-state index is 11.8. The van der Waals surface area contributed by atoms with Crippen LogP contribution in [0.2, 0.25) is 0 Å². The number of nitrogens with zero attached hydrogens (tertiary/aromatic N) is 1. The number of aliphatic hydroxyl groups excluding tert-OH is 5. The summed E-state index contributed by atoms with van der Waals surface area (Å²) in [5.41, 5.74) is 0. The lowest BCUT2D eigenvalue weighted by molar-refractivity contribution is -0.138. The molecule has 0 saturated carbocycles. The zero-order chi connectivity index (χ0) is 16.4. The van der Waals surface area contributed by atoms with Gasteiger partial charge in [-0.15, -0.1) is 0 Å². The number of carbonyl (C=O) groups excluding carboxylic acids is 1. The first-order valence-corrected chi connectivity index (χ1v) is 7.42. The fraction of sp³-hybridized carbons (Fsp3) is 0.929. The Kier molecular flexibility index (Phi) is 10.5. The Labute approximate surface area is 125 Å². The molecular weight excluding hydrogens is 278 g/mol. The monoisotopic (exact) mass is 307 g/mol. The molecule has 21 heavy (non-hydrogen) atoms. The molecule has 0 heterocycles. The molecule has 7 nitrogen and oxygen atoms in total. The third-order valence-corrected chi connectivity index (χ3v) is 3.46.